The van der Waals surface area contributed by atoms with E-state index < -0.39 is 5.97 Å². The molecule has 1 heterocycles. The van der Waals surface area contributed by atoms with Gasteiger partial charge in [0.1, 0.15) is 6.54 Å². The molecule has 0 aromatic carbocycles. The maximum absolute atomic E-state index is 11.8. The summed E-state index contributed by atoms with van der Waals surface area (Å²) in [5, 5.41) is 8.56. The minimum atomic E-state index is -0.926. The molecule has 0 radical (unpaired) electrons. The van der Waals surface area contributed by atoms with Crippen LogP contribution in [0.5, 0.6) is 0 Å². The van der Waals surface area contributed by atoms with Crippen molar-refractivity contribution in [1.82, 2.24) is 4.90 Å². The fraction of sp³-hybridized carbons (Fsp3) is 0.727. The number of nitrogens with one attached hydrogen (secondary N) is 1. The number of hydrogen-bond donors (Lipinski definition) is 2. The van der Waals surface area contributed by atoms with Crippen LogP contribution < -0.4 is 4.90 Å². The SMILES string of the molecule is [CH2-][NH+](CC(=O)O)CC(=O)N1CCC(C)CC1. The third-order valence-electron chi connectivity index (χ3n) is 2.94. The number of aliphatic carboxylic acids is 1. The van der Waals surface area contributed by atoms with Gasteiger partial charge in [-0.25, -0.2) is 4.79 Å². The summed E-state index contributed by atoms with van der Waals surface area (Å²) in [5.41, 5.74) is 0. The lowest BCUT2D eigenvalue weighted by Gasteiger charge is -2.31. The Bertz CT molecular complexity index is 260. The van der Waals surface area contributed by atoms with Crippen LogP contribution in [0.2, 0.25) is 0 Å². The lowest BCUT2D eigenvalue weighted by molar-refractivity contribution is -0.837. The van der Waals surface area contributed by atoms with Crippen LogP contribution in [0, 0.1) is 13.0 Å². The number of rotatable bonds is 4. The molecule has 16 heavy (non-hydrogen) atoms. The predicted molar refractivity (Wildman–Crippen MR) is 58.7 cm³/mol. The third-order valence-corrected chi connectivity index (χ3v) is 2.94. The number of amides is 1. The van der Waals surface area contributed by atoms with Gasteiger partial charge in [0.05, 0.1) is 0 Å². The van der Waals surface area contributed by atoms with Crippen LogP contribution in [0.25, 0.3) is 0 Å². The van der Waals surface area contributed by atoms with Crippen LogP contribution in [0.3, 0.4) is 0 Å². The molecule has 2 N–H and O–H groups in total. The highest BCUT2D eigenvalue weighted by molar-refractivity contribution is 5.77. The van der Waals surface area contributed by atoms with Crippen molar-refractivity contribution in [2.45, 2.75) is 19.8 Å². The van der Waals surface area contributed by atoms with E-state index in [0.29, 0.717) is 10.8 Å². The highest BCUT2D eigenvalue weighted by Gasteiger charge is 2.21. The van der Waals surface area contributed by atoms with Crippen molar-refractivity contribution in [3.05, 3.63) is 7.05 Å². The largest absolute Gasteiger partial charge is 0.477 e. The smallest absolute Gasteiger partial charge is 0.356 e. The molecule has 1 unspecified atom stereocenters. The van der Waals surface area contributed by atoms with Gasteiger partial charge in [-0.2, -0.15) is 0 Å². The molecule has 0 aliphatic carbocycles. The van der Waals surface area contributed by atoms with Gasteiger partial charge in [0.15, 0.2) is 6.54 Å². The van der Waals surface area contributed by atoms with Gasteiger partial charge >= 0.3 is 5.97 Å². The molecule has 1 amide bonds. The Morgan fingerprint density at radius 3 is 2.44 bits per heavy atom. The Kier molecular flexibility index (Phi) is 4.73. The van der Waals surface area contributed by atoms with Crippen molar-refractivity contribution in [2.75, 3.05) is 26.2 Å². The monoisotopic (exact) mass is 228 g/mol. The zero-order valence-corrected chi connectivity index (χ0v) is 9.74. The number of carboxylic acids is 1. The first kappa shape index (κ1) is 13.0. The van der Waals surface area contributed by atoms with Crippen LogP contribution >= 0.6 is 0 Å². The minimum Gasteiger partial charge on any atom is -0.477 e. The summed E-state index contributed by atoms with van der Waals surface area (Å²) < 4.78 is 0. The summed E-state index contributed by atoms with van der Waals surface area (Å²) in [5.74, 6) is -0.227. The van der Waals surface area contributed by atoms with Gasteiger partial charge < -0.3 is 14.9 Å². The second kappa shape index (κ2) is 5.84. The Hall–Kier alpha value is -1.10. The summed E-state index contributed by atoms with van der Waals surface area (Å²) in [6, 6.07) is 0. The number of quaternary nitrogens is 1. The van der Waals surface area contributed by atoms with Crippen LogP contribution in [-0.2, 0) is 9.59 Å². The molecule has 5 heteroatoms. The average Bonchev–Trinajstić information content (AvgIpc) is 2.16. The average molecular weight is 228 g/mol. The third kappa shape index (κ3) is 4.18. The molecule has 1 aliphatic rings. The van der Waals surface area contributed by atoms with Crippen LogP contribution in [0.1, 0.15) is 19.8 Å². The molecule has 92 valence electrons. The van der Waals surface area contributed by atoms with E-state index in [4.69, 9.17) is 5.11 Å². The lowest BCUT2D eigenvalue weighted by Crippen LogP contribution is -3.09. The van der Waals surface area contributed by atoms with Crippen molar-refractivity contribution < 1.29 is 19.6 Å². The molecule has 0 spiro atoms. The van der Waals surface area contributed by atoms with Crippen LogP contribution in [0.15, 0.2) is 0 Å². The molecule has 1 atom stereocenters. The van der Waals surface area contributed by atoms with E-state index >= 15 is 0 Å². The van der Waals surface area contributed by atoms with E-state index in [-0.39, 0.29) is 19.0 Å². The molecule has 1 fully saturated rings. The van der Waals surface area contributed by atoms with E-state index in [0.717, 1.165) is 25.9 Å². The number of hydrogen-bond acceptors (Lipinski definition) is 2. The number of carboxylic acid groups (broad SMARTS) is 1. The van der Waals surface area contributed by atoms with E-state index in [1.54, 1.807) is 0 Å². The van der Waals surface area contributed by atoms with E-state index in [1.165, 1.54) is 0 Å². The van der Waals surface area contributed by atoms with Gasteiger partial charge in [-0.15, -0.1) is 7.05 Å². The summed E-state index contributed by atoms with van der Waals surface area (Å²) in [4.78, 5) is 24.5. The molecule has 5 nitrogen and oxygen atoms in total. The fourth-order valence-corrected chi connectivity index (χ4v) is 1.86. The standard InChI is InChI=1S/C11H20N2O3/c1-9-3-5-13(6-4-9)10(14)7-12(2)8-11(15)16/h9,12H,2-8H2,1H3,(H,15,16). The Balaban J connectivity index is 2.32. The zero-order valence-electron chi connectivity index (χ0n) is 9.74. The number of carbonyl (C=O) groups excluding carboxylic acids is 1. The normalized spacial score (nSPS) is 19.5. The van der Waals surface area contributed by atoms with E-state index in [1.807, 2.05) is 4.90 Å². The highest BCUT2D eigenvalue weighted by Crippen LogP contribution is 2.15. The van der Waals surface area contributed by atoms with Crippen molar-refractivity contribution in [1.29, 1.82) is 0 Å². The van der Waals surface area contributed by atoms with Gasteiger partial charge in [0.2, 0.25) is 0 Å². The molecule has 1 saturated heterocycles. The molecule has 0 saturated carbocycles. The molecular weight excluding hydrogens is 208 g/mol. The van der Waals surface area contributed by atoms with Gasteiger partial charge in [-0.1, -0.05) is 6.92 Å². The molecular formula is C11H20N2O3. The summed E-state index contributed by atoms with van der Waals surface area (Å²) >= 11 is 0. The number of nitrogens with zero attached hydrogens (tertiary/aromatic N) is 1. The maximum Gasteiger partial charge on any atom is 0.356 e. The van der Waals surface area contributed by atoms with Crippen molar-refractivity contribution in [3.63, 3.8) is 0 Å². The number of likely N-dealkylation sites (tertiary alicyclic amines) is 1. The molecule has 0 bridgehead atoms. The van der Waals surface area contributed by atoms with Crippen molar-refractivity contribution in [2.24, 2.45) is 5.92 Å². The predicted octanol–water partition coefficient (Wildman–Crippen LogP) is -0.994. The second-order valence-corrected chi connectivity index (χ2v) is 4.56. The topological polar surface area (TPSA) is 62.1 Å². The van der Waals surface area contributed by atoms with Crippen LogP contribution in [0.4, 0.5) is 0 Å². The first-order valence-corrected chi connectivity index (χ1v) is 5.65. The van der Waals surface area contributed by atoms with Crippen molar-refractivity contribution in [3.8, 4) is 0 Å². The van der Waals surface area contributed by atoms with Gasteiger partial charge in [0.25, 0.3) is 5.91 Å². The Labute approximate surface area is 96.0 Å². The van der Waals surface area contributed by atoms with Gasteiger partial charge in [-0.05, 0) is 18.8 Å². The molecule has 0 aromatic rings. The first-order chi connectivity index (χ1) is 7.49. The summed E-state index contributed by atoms with van der Waals surface area (Å²) in [7, 11) is 3.62. The minimum absolute atomic E-state index is 0.0122. The van der Waals surface area contributed by atoms with E-state index in [2.05, 4.69) is 14.0 Å². The molecule has 0 aromatic heterocycles. The fourth-order valence-electron chi connectivity index (χ4n) is 1.86. The summed E-state index contributed by atoms with van der Waals surface area (Å²) in [6.45, 7) is 3.82. The number of carbonyl (C=O) groups is 2. The summed E-state index contributed by atoms with van der Waals surface area (Å²) in [6.07, 6.45) is 2.08. The Morgan fingerprint density at radius 2 is 1.94 bits per heavy atom. The molecule has 1 aliphatic heterocycles. The van der Waals surface area contributed by atoms with Gasteiger partial charge in [-0.3, -0.25) is 4.79 Å². The van der Waals surface area contributed by atoms with Crippen molar-refractivity contribution >= 4 is 11.9 Å². The van der Waals surface area contributed by atoms with Crippen LogP contribution in [-0.4, -0.2) is 48.1 Å². The Morgan fingerprint density at radius 1 is 1.38 bits per heavy atom. The zero-order chi connectivity index (χ0) is 12.1. The first-order valence-electron chi connectivity index (χ1n) is 5.65. The second-order valence-electron chi connectivity index (χ2n) is 4.56. The molecule has 1 rings (SSSR count). The highest BCUT2D eigenvalue weighted by atomic mass is 16.4. The number of piperidine rings is 1. The maximum atomic E-state index is 11.8. The van der Waals surface area contributed by atoms with Gasteiger partial charge in [0, 0.05) is 13.1 Å². The van der Waals surface area contributed by atoms with E-state index in [9.17, 15) is 9.59 Å². The lowest BCUT2D eigenvalue weighted by atomic mass is 9.99. The quantitative estimate of drug-likeness (QED) is 0.607.